The average molecular weight is 382 g/mol. The molecule has 1 saturated carbocycles. The number of hydrogen-bond acceptors (Lipinski definition) is 3. The molecule has 0 bridgehead atoms. The zero-order valence-corrected chi connectivity index (χ0v) is 15.5. The van der Waals surface area contributed by atoms with Gasteiger partial charge in [0.2, 0.25) is 11.8 Å². The Balaban J connectivity index is 1.50. The van der Waals surface area contributed by atoms with E-state index < -0.39 is 0 Å². The van der Waals surface area contributed by atoms with Gasteiger partial charge in [0.15, 0.2) is 0 Å². The van der Waals surface area contributed by atoms with Crippen LogP contribution in [0.5, 0.6) is 0 Å². The second-order valence-electron chi connectivity index (χ2n) is 6.73. The Morgan fingerprint density at radius 3 is 2.00 bits per heavy atom. The van der Waals surface area contributed by atoms with Gasteiger partial charge >= 0.3 is 0 Å². The first-order valence-electron chi connectivity index (χ1n) is 8.92. The molecule has 2 amide bonds. The molecule has 0 aromatic heterocycles. The highest BCUT2D eigenvalue weighted by Gasteiger charge is 2.30. The Kier molecular flexibility index (Phi) is 6.10. The van der Waals surface area contributed by atoms with Crippen LogP contribution in [0.25, 0.3) is 0 Å². The van der Waals surface area contributed by atoms with E-state index in [1.165, 1.54) is 0 Å². The number of carbonyl (C=O) groups is 2. The van der Waals surface area contributed by atoms with Gasteiger partial charge in [-0.1, -0.05) is 17.7 Å². The number of halogens is 1. The molecule has 2 N–H and O–H groups in total. The van der Waals surface area contributed by atoms with Gasteiger partial charge in [-0.15, -0.1) is 0 Å². The van der Waals surface area contributed by atoms with E-state index in [1.807, 2.05) is 0 Å². The Morgan fingerprint density at radius 2 is 1.44 bits per heavy atom. The molecule has 0 aliphatic heterocycles. The lowest BCUT2D eigenvalue weighted by Crippen LogP contribution is -2.32. The standard InChI is InChI=1S/C21H20ClN3O2/c22-17-8-10-18(11-9-17)24-20(26)15-4-6-16(7-5-15)21(27)25-19-3-1-2-14(12-19)13-23/h1-3,8-12,15-16H,4-7H2,(H,24,26)(H,25,27). The molecule has 2 aromatic carbocycles. The fourth-order valence-corrected chi connectivity index (χ4v) is 3.43. The minimum atomic E-state index is -0.115. The first kappa shape index (κ1) is 18.9. The fraction of sp³-hybridized carbons (Fsp3) is 0.286. The van der Waals surface area contributed by atoms with Gasteiger partial charge in [0, 0.05) is 28.2 Å². The summed E-state index contributed by atoms with van der Waals surface area (Å²) in [7, 11) is 0. The van der Waals surface area contributed by atoms with Crippen molar-refractivity contribution in [2.45, 2.75) is 25.7 Å². The maximum Gasteiger partial charge on any atom is 0.227 e. The van der Waals surface area contributed by atoms with Crippen molar-refractivity contribution >= 4 is 34.8 Å². The van der Waals surface area contributed by atoms with Crippen molar-refractivity contribution in [2.75, 3.05) is 10.6 Å². The monoisotopic (exact) mass is 381 g/mol. The van der Waals surface area contributed by atoms with E-state index in [0.29, 0.717) is 42.0 Å². The summed E-state index contributed by atoms with van der Waals surface area (Å²) in [5, 5.41) is 15.3. The quantitative estimate of drug-likeness (QED) is 0.812. The number of nitrogens with one attached hydrogen (secondary N) is 2. The Labute approximate surface area is 163 Å². The molecule has 27 heavy (non-hydrogen) atoms. The van der Waals surface area contributed by atoms with Crippen LogP contribution in [0.15, 0.2) is 48.5 Å². The van der Waals surface area contributed by atoms with Crippen LogP contribution in [0.2, 0.25) is 5.02 Å². The van der Waals surface area contributed by atoms with Crippen LogP contribution in [-0.4, -0.2) is 11.8 Å². The number of nitriles is 1. The highest BCUT2D eigenvalue weighted by molar-refractivity contribution is 6.30. The predicted molar refractivity (Wildman–Crippen MR) is 105 cm³/mol. The number of benzene rings is 2. The van der Waals surface area contributed by atoms with Gasteiger partial charge in [0.1, 0.15) is 0 Å². The summed E-state index contributed by atoms with van der Waals surface area (Å²) < 4.78 is 0. The van der Waals surface area contributed by atoms with E-state index in [-0.39, 0.29) is 23.7 Å². The van der Waals surface area contributed by atoms with E-state index in [4.69, 9.17) is 16.9 Å². The van der Waals surface area contributed by atoms with Crippen LogP contribution in [-0.2, 0) is 9.59 Å². The maximum absolute atomic E-state index is 12.5. The third-order valence-electron chi connectivity index (χ3n) is 4.84. The van der Waals surface area contributed by atoms with E-state index in [2.05, 4.69) is 16.7 Å². The molecule has 0 atom stereocenters. The molecule has 6 heteroatoms. The van der Waals surface area contributed by atoms with Crippen molar-refractivity contribution in [1.29, 1.82) is 5.26 Å². The fourth-order valence-electron chi connectivity index (χ4n) is 3.31. The lowest BCUT2D eigenvalue weighted by molar-refractivity contribution is -0.125. The van der Waals surface area contributed by atoms with Crippen LogP contribution in [0.4, 0.5) is 11.4 Å². The van der Waals surface area contributed by atoms with Crippen LogP contribution in [0, 0.1) is 23.2 Å². The highest BCUT2D eigenvalue weighted by Crippen LogP contribution is 2.30. The van der Waals surface area contributed by atoms with E-state index in [9.17, 15) is 9.59 Å². The van der Waals surface area contributed by atoms with E-state index in [0.717, 1.165) is 5.69 Å². The molecule has 1 aliphatic rings. The first-order chi connectivity index (χ1) is 13.0. The molecule has 0 saturated heterocycles. The highest BCUT2D eigenvalue weighted by atomic mass is 35.5. The minimum absolute atomic E-state index is 0.0158. The second-order valence-corrected chi connectivity index (χ2v) is 7.16. The largest absolute Gasteiger partial charge is 0.326 e. The number of carbonyl (C=O) groups excluding carboxylic acids is 2. The molecule has 5 nitrogen and oxygen atoms in total. The Morgan fingerprint density at radius 1 is 0.889 bits per heavy atom. The van der Waals surface area contributed by atoms with Gasteiger partial charge in [-0.3, -0.25) is 9.59 Å². The number of anilines is 2. The van der Waals surface area contributed by atoms with E-state index in [1.54, 1.807) is 48.5 Å². The van der Waals surface area contributed by atoms with Crippen LogP contribution >= 0.6 is 11.6 Å². The van der Waals surface area contributed by atoms with Crippen molar-refractivity contribution < 1.29 is 9.59 Å². The van der Waals surface area contributed by atoms with Gasteiger partial charge in [-0.2, -0.15) is 5.26 Å². The molecule has 1 aliphatic carbocycles. The molecular formula is C21H20ClN3O2. The first-order valence-corrected chi connectivity index (χ1v) is 9.30. The average Bonchev–Trinajstić information content (AvgIpc) is 2.70. The third kappa shape index (κ3) is 5.08. The van der Waals surface area contributed by atoms with E-state index >= 15 is 0 Å². The minimum Gasteiger partial charge on any atom is -0.326 e. The number of rotatable bonds is 4. The zero-order valence-electron chi connectivity index (χ0n) is 14.7. The predicted octanol–water partition coefficient (Wildman–Crippen LogP) is 4.60. The molecule has 0 spiro atoms. The summed E-state index contributed by atoms with van der Waals surface area (Å²) >= 11 is 5.85. The number of nitrogens with zero attached hydrogens (tertiary/aromatic N) is 1. The molecular weight excluding hydrogens is 362 g/mol. The van der Waals surface area contributed by atoms with Crippen LogP contribution < -0.4 is 10.6 Å². The summed E-state index contributed by atoms with van der Waals surface area (Å²) in [5.41, 5.74) is 1.86. The Hall–Kier alpha value is -2.84. The Bertz CT molecular complexity index is 866. The van der Waals surface area contributed by atoms with Crippen LogP contribution in [0.3, 0.4) is 0 Å². The van der Waals surface area contributed by atoms with Crippen molar-refractivity contribution in [3.05, 3.63) is 59.1 Å². The lowest BCUT2D eigenvalue weighted by Gasteiger charge is -2.27. The SMILES string of the molecule is N#Cc1cccc(NC(=O)C2CCC(C(=O)Nc3ccc(Cl)cc3)CC2)c1. The molecule has 0 radical (unpaired) electrons. The van der Waals surface area contributed by atoms with Gasteiger partial charge in [0.25, 0.3) is 0 Å². The topological polar surface area (TPSA) is 82.0 Å². The van der Waals surface area contributed by atoms with Crippen LogP contribution in [0.1, 0.15) is 31.2 Å². The van der Waals surface area contributed by atoms with Crippen molar-refractivity contribution in [3.63, 3.8) is 0 Å². The van der Waals surface area contributed by atoms with Crippen molar-refractivity contribution in [1.82, 2.24) is 0 Å². The molecule has 138 valence electrons. The van der Waals surface area contributed by atoms with Gasteiger partial charge in [-0.05, 0) is 68.1 Å². The second kappa shape index (κ2) is 8.70. The molecule has 2 aromatic rings. The number of hydrogen-bond donors (Lipinski definition) is 2. The smallest absolute Gasteiger partial charge is 0.227 e. The normalized spacial score (nSPS) is 19.0. The summed E-state index contributed by atoms with van der Waals surface area (Å²) in [6.07, 6.45) is 2.69. The molecule has 0 unspecified atom stereocenters. The summed E-state index contributed by atoms with van der Waals surface area (Å²) in [5.74, 6) is -0.276. The summed E-state index contributed by atoms with van der Waals surface area (Å²) in [6.45, 7) is 0. The number of amides is 2. The lowest BCUT2D eigenvalue weighted by atomic mass is 9.81. The summed E-state index contributed by atoms with van der Waals surface area (Å²) in [6, 6.07) is 15.9. The molecule has 0 heterocycles. The zero-order chi connectivity index (χ0) is 19.2. The van der Waals surface area contributed by atoms with Gasteiger partial charge < -0.3 is 10.6 Å². The van der Waals surface area contributed by atoms with Gasteiger partial charge in [0.05, 0.1) is 11.6 Å². The molecule has 1 fully saturated rings. The van der Waals surface area contributed by atoms with Gasteiger partial charge in [-0.25, -0.2) is 0 Å². The summed E-state index contributed by atoms with van der Waals surface area (Å²) in [4.78, 5) is 24.9. The maximum atomic E-state index is 12.5. The molecule has 3 rings (SSSR count). The third-order valence-corrected chi connectivity index (χ3v) is 5.09. The van der Waals surface area contributed by atoms with Crippen molar-refractivity contribution in [3.8, 4) is 6.07 Å². The van der Waals surface area contributed by atoms with Crippen molar-refractivity contribution in [2.24, 2.45) is 11.8 Å².